The Balaban J connectivity index is 1.15. The zero-order valence-electron chi connectivity index (χ0n) is 29.4. The summed E-state index contributed by atoms with van der Waals surface area (Å²) in [6, 6.07) is 31.3. The fourth-order valence-electron chi connectivity index (χ4n) is 6.13. The van der Waals surface area contributed by atoms with Crippen LogP contribution in [0.25, 0.3) is 27.8 Å². The van der Waals surface area contributed by atoms with Gasteiger partial charge in [-0.2, -0.15) is 0 Å². The van der Waals surface area contributed by atoms with Crippen molar-refractivity contribution in [3.05, 3.63) is 150 Å². The van der Waals surface area contributed by atoms with E-state index in [2.05, 4.69) is 22.1 Å². The van der Waals surface area contributed by atoms with Crippen molar-refractivity contribution in [2.24, 2.45) is 0 Å². The molecular weight excluding hydrogens is 651 g/mol. The summed E-state index contributed by atoms with van der Waals surface area (Å²) in [5.74, 6) is 5.47. The lowest BCUT2D eigenvalue weighted by atomic mass is 10.1. The number of hydrogen-bond acceptors (Lipinski definition) is 8. The molecule has 0 N–H and O–H groups in total. The van der Waals surface area contributed by atoms with Gasteiger partial charge in [0.25, 0.3) is 0 Å². The number of rotatable bonds is 9. The van der Waals surface area contributed by atoms with Crippen LogP contribution in [-0.2, 0) is 0 Å². The summed E-state index contributed by atoms with van der Waals surface area (Å²) in [5.41, 5.74) is 6.87. The highest BCUT2D eigenvalue weighted by Gasteiger charge is 2.17. The highest BCUT2D eigenvalue weighted by Crippen LogP contribution is 2.38. The molecule has 0 spiro atoms. The van der Waals surface area contributed by atoms with Crippen LogP contribution in [0, 0.1) is 34.6 Å². The van der Waals surface area contributed by atoms with E-state index in [0.717, 1.165) is 49.6 Å². The molecule has 0 saturated heterocycles. The van der Waals surface area contributed by atoms with Gasteiger partial charge in [-0.05, 0) is 123 Å². The van der Waals surface area contributed by atoms with Gasteiger partial charge in [0.2, 0.25) is 17.7 Å². The molecule has 8 aromatic rings. The van der Waals surface area contributed by atoms with Gasteiger partial charge in [-0.3, -0.25) is 4.57 Å². The third-order valence-corrected chi connectivity index (χ3v) is 8.42. The molecule has 8 rings (SSSR count). The molecule has 0 bridgehead atoms. The third kappa shape index (κ3) is 6.97. The number of hydrogen-bond donors (Lipinski definition) is 0. The summed E-state index contributed by atoms with van der Waals surface area (Å²) in [6.45, 7) is 9.99. The molecule has 0 atom stereocenters. The van der Waals surface area contributed by atoms with Crippen molar-refractivity contribution in [1.82, 2.24) is 24.5 Å². The van der Waals surface area contributed by atoms with Gasteiger partial charge in [-0.25, -0.2) is 19.9 Å². The van der Waals surface area contributed by atoms with Crippen LogP contribution >= 0.6 is 0 Å². The molecule has 0 aliphatic heterocycles. The summed E-state index contributed by atoms with van der Waals surface area (Å²) >= 11 is 0. The van der Waals surface area contributed by atoms with Gasteiger partial charge in [0.1, 0.15) is 34.5 Å². The quantitative estimate of drug-likeness (QED) is 0.148. The first-order chi connectivity index (χ1) is 25.2. The van der Waals surface area contributed by atoms with Crippen LogP contribution in [0.4, 0.5) is 0 Å². The first-order valence-corrected chi connectivity index (χ1v) is 16.9. The summed E-state index contributed by atoms with van der Waals surface area (Å²) in [7, 11) is 0. The van der Waals surface area contributed by atoms with Gasteiger partial charge in [0, 0.05) is 72.0 Å². The third-order valence-electron chi connectivity index (χ3n) is 8.42. The largest absolute Gasteiger partial charge is 0.457 e. The van der Waals surface area contributed by atoms with Crippen LogP contribution in [0.3, 0.4) is 0 Å². The van der Waals surface area contributed by atoms with Gasteiger partial charge in [0.15, 0.2) is 0 Å². The lowest BCUT2D eigenvalue weighted by molar-refractivity contribution is 0.447. The molecule has 0 amide bonds. The van der Waals surface area contributed by atoms with E-state index in [9.17, 15) is 0 Å². The molecule has 0 aliphatic carbocycles. The Morgan fingerprint density at radius 1 is 0.385 bits per heavy atom. The average molecular weight is 686 g/mol. The van der Waals surface area contributed by atoms with Gasteiger partial charge in [-0.15, -0.1) is 0 Å². The van der Waals surface area contributed by atoms with E-state index in [4.69, 9.17) is 28.9 Å². The van der Waals surface area contributed by atoms with Crippen LogP contribution in [0.5, 0.6) is 46.3 Å². The molecule has 0 fully saturated rings. The van der Waals surface area contributed by atoms with E-state index in [1.807, 2.05) is 137 Å². The summed E-state index contributed by atoms with van der Waals surface area (Å²) in [6.07, 6.45) is 7.10. The summed E-state index contributed by atoms with van der Waals surface area (Å²) in [4.78, 5) is 18.1. The molecule has 256 valence electrons. The van der Waals surface area contributed by atoms with Crippen LogP contribution in [-0.4, -0.2) is 24.5 Å². The molecule has 52 heavy (non-hydrogen) atoms. The van der Waals surface area contributed by atoms with Crippen molar-refractivity contribution < 1.29 is 18.9 Å². The van der Waals surface area contributed by atoms with Gasteiger partial charge in [-0.1, -0.05) is 0 Å². The van der Waals surface area contributed by atoms with Crippen molar-refractivity contribution in [2.45, 2.75) is 34.6 Å². The van der Waals surface area contributed by atoms with Crippen molar-refractivity contribution >= 4 is 21.8 Å². The number of nitrogens with zero attached hydrogens (tertiary/aromatic N) is 5. The lowest BCUT2D eigenvalue weighted by Crippen LogP contribution is -2.01. The monoisotopic (exact) mass is 685 g/mol. The normalized spacial score (nSPS) is 11.2. The van der Waals surface area contributed by atoms with Crippen LogP contribution in [0.1, 0.15) is 27.8 Å². The van der Waals surface area contributed by atoms with Crippen LogP contribution in [0.2, 0.25) is 0 Å². The van der Waals surface area contributed by atoms with Crippen molar-refractivity contribution in [3.8, 4) is 52.2 Å². The smallest absolute Gasteiger partial charge is 0.234 e. The minimum atomic E-state index is 0.527. The predicted octanol–water partition coefficient (Wildman–Crippen LogP) is 11.1. The first kappa shape index (κ1) is 32.5. The van der Waals surface area contributed by atoms with Crippen LogP contribution in [0.15, 0.2) is 122 Å². The summed E-state index contributed by atoms with van der Waals surface area (Å²) < 4.78 is 27.1. The van der Waals surface area contributed by atoms with Crippen molar-refractivity contribution in [2.75, 3.05) is 0 Å². The van der Waals surface area contributed by atoms with Gasteiger partial charge in [0.05, 0.1) is 11.0 Å². The number of aryl methyl sites for hydroxylation is 5. The number of pyridine rings is 2. The Kier molecular flexibility index (Phi) is 8.44. The maximum Gasteiger partial charge on any atom is 0.234 e. The molecule has 4 aromatic carbocycles. The van der Waals surface area contributed by atoms with Gasteiger partial charge < -0.3 is 18.9 Å². The number of benzene rings is 4. The molecule has 9 heteroatoms. The lowest BCUT2D eigenvalue weighted by Gasteiger charge is -2.12. The zero-order valence-corrected chi connectivity index (χ0v) is 29.4. The van der Waals surface area contributed by atoms with Crippen molar-refractivity contribution in [3.63, 3.8) is 0 Å². The Morgan fingerprint density at radius 3 is 1.27 bits per heavy atom. The van der Waals surface area contributed by atoms with E-state index in [1.54, 1.807) is 12.4 Å². The Bertz CT molecular complexity index is 2440. The van der Waals surface area contributed by atoms with E-state index in [1.165, 1.54) is 0 Å². The maximum atomic E-state index is 6.45. The zero-order chi connectivity index (χ0) is 35.8. The topological polar surface area (TPSA) is 93.4 Å². The molecular formula is C43H35N5O4. The Hall–Kier alpha value is -6.74. The minimum absolute atomic E-state index is 0.527. The summed E-state index contributed by atoms with van der Waals surface area (Å²) in [5, 5.41) is 2.04. The minimum Gasteiger partial charge on any atom is -0.457 e. The van der Waals surface area contributed by atoms with E-state index in [0.29, 0.717) is 52.2 Å². The SMILES string of the molecule is Cc1cnc(-n2c3cc(Oc4cc(C)cc(Oc5cc(C)ccn5)c4)ccc3c3ccc(Oc4cc(C)cc(Oc5cc(C)ccn5)c4)cc32)nc1. The van der Waals surface area contributed by atoms with E-state index in [-0.39, 0.29) is 0 Å². The molecule has 4 aromatic heterocycles. The second-order valence-corrected chi connectivity index (χ2v) is 13.0. The van der Waals surface area contributed by atoms with E-state index >= 15 is 0 Å². The fourth-order valence-corrected chi connectivity index (χ4v) is 6.13. The fraction of sp³-hybridized carbons (Fsp3) is 0.116. The molecule has 0 saturated carbocycles. The van der Waals surface area contributed by atoms with E-state index < -0.39 is 0 Å². The molecule has 0 aliphatic rings. The standard InChI is InChI=1S/C43H35N5O4/c1-26-10-12-44-41(18-26)51-35-16-28(3)14-33(20-35)49-31-6-8-37-38-9-7-32(23-40(38)48(39(37)22-31)43-46-24-30(5)25-47-43)50-34-15-29(4)17-36(21-34)52-42-19-27(2)11-13-45-42/h6-25H,1-5H3. The van der Waals surface area contributed by atoms with Crippen LogP contribution < -0.4 is 18.9 Å². The Labute approximate surface area is 301 Å². The number of aromatic nitrogens is 5. The average Bonchev–Trinajstić information content (AvgIpc) is 3.41. The van der Waals surface area contributed by atoms with Gasteiger partial charge >= 0.3 is 0 Å². The molecule has 9 nitrogen and oxygen atoms in total. The Morgan fingerprint density at radius 2 is 0.827 bits per heavy atom. The highest BCUT2D eigenvalue weighted by molar-refractivity contribution is 6.09. The predicted molar refractivity (Wildman–Crippen MR) is 202 cm³/mol. The molecule has 4 heterocycles. The highest BCUT2D eigenvalue weighted by atomic mass is 16.5. The molecule has 0 radical (unpaired) electrons. The second kappa shape index (κ2) is 13.5. The first-order valence-electron chi connectivity index (χ1n) is 16.9. The molecule has 0 unspecified atom stereocenters. The number of ether oxygens (including phenoxy) is 4. The van der Waals surface area contributed by atoms with Crippen molar-refractivity contribution in [1.29, 1.82) is 0 Å². The maximum absolute atomic E-state index is 6.45. The number of fused-ring (bicyclic) bond motifs is 3. The second-order valence-electron chi connectivity index (χ2n) is 13.0.